The lowest BCUT2D eigenvalue weighted by Gasteiger charge is -2.34. The molecule has 222 valence electrons. The second-order valence-electron chi connectivity index (χ2n) is 11.4. The highest BCUT2D eigenvalue weighted by Gasteiger charge is 2.34. The van der Waals surface area contributed by atoms with Gasteiger partial charge in [0.1, 0.15) is 18.1 Å². The number of pyridine rings is 2. The number of fused-ring (bicyclic) bond motifs is 1. The Balaban J connectivity index is 1.66. The van der Waals surface area contributed by atoms with Crippen LogP contribution in [-0.4, -0.2) is 73.6 Å². The molecule has 12 heteroatoms. The van der Waals surface area contributed by atoms with Gasteiger partial charge in [0.2, 0.25) is 11.8 Å². The molecular weight excluding hydrogens is 528 g/mol. The molecule has 3 heterocycles. The molecule has 1 aliphatic rings. The molecule has 3 amide bonds. The molecule has 4 atom stereocenters. The second kappa shape index (κ2) is 13.2. The minimum Gasteiger partial charge on any atom is -0.480 e. The number of carbonyl (C=O) groups excluding carboxylic acids is 3. The molecule has 1 fully saturated rings. The monoisotopic (exact) mass is 568 g/mol. The highest BCUT2D eigenvalue weighted by molar-refractivity contribution is 5.94. The third-order valence-electron chi connectivity index (χ3n) is 7.06. The molecule has 0 bridgehead atoms. The van der Waals surface area contributed by atoms with Crippen molar-refractivity contribution in [1.29, 1.82) is 0 Å². The number of hydrazine groups is 1. The van der Waals surface area contributed by atoms with E-state index >= 15 is 0 Å². The Hall–Kier alpha value is -3.90. The van der Waals surface area contributed by atoms with E-state index in [2.05, 4.69) is 26.0 Å². The topological polar surface area (TPSA) is 174 Å². The molecule has 0 spiro atoms. The minimum atomic E-state index is -1.04. The van der Waals surface area contributed by atoms with E-state index in [0.29, 0.717) is 36.2 Å². The summed E-state index contributed by atoms with van der Waals surface area (Å²) in [6.07, 6.45) is 6.92. The number of nitrogens with one attached hydrogen (secondary N) is 3. The molecule has 0 aliphatic carbocycles. The van der Waals surface area contributed by atoms with Crippen molar-refractivity contribution in [2.45, 2.75) is 78.6 Å². The Morgan fingerprint density at radius 2 is 1.80 bits per heavy atom. The Bertz CT molecular complexity index is 1320. The normalized spacial score (nSPS) is 18.2. The molecule has 5 N–H and O–H groups in total. The number of hydrogen-bond acceptors (Lipinski definition) is 8. The number of aliphatic carboxylic acids is 1. The zero-order chi connectivity index (χ0) is 30.5. The van der Waals surface area contributed by atoms with Gasteiger partial charge in [-0.1, -0.05) is 19.9 Å². The Labute approximate surface area is 239 Å². The number of carboxylic acids is 1. The summed E-state index contributed by atoms with van der Waals surface area (Å²) >= 11 is 0. The first kappa shape index (κ1) is 31.6. The van der Waals surface area contributed by atoms with Gasteiger partial charge in [0, 0.05) is 18.1 Å². The number of rotatable bonds is 10. The van der Waals surface area contributed by atoms with Crippen molar-refractivity contribution in [3.05, 3.63) is 41.9 Å². The quantitative estimate of drug-likeness (QED) is 0.287. The van der Waals surface area contributed by atoms with E-state index in [9.17, 15) is 29.4 Å². The molecule has 2 aromatic heterocycles. The first-order valence-corrected chi connectivity index (χ1v) is 13.7. The zero-order valence-corrected chi connectivity index (χ0v) is 24.3. The van der Waals surface area contributed by atoms with Crippen molar-refractivity contribution >= 4 is 40.7 Å². The summed E-state index contributed by atoms with van der Waals surface area (Å²) in [5, 5.41) is 26.6. The average molecular weight is 569 g/mol. The van der Waals surface area contributed by atoms with E-state index in [1.165, 1.54) is 11.9 Å². The van der Waals surface area contributed by atoms with Gasteiger partial charge in [0.05, 0.1) is 28.9 Å². The van der Waals surface area contributed by atoms with Crippen LogP contribution in [0.1, 0.15) is 71.7 Å². The molecule has 1 aliphatic heterocycles. The van der Waals surface area contributed by atoms with Crippen LogP contribution in [0, 0.1) is 11.3 Å². The fourth-order valence-corrected chi connectivity index (χ4v) is 4.34. The van der Waals surface area contributed by atoms with E-state index in [1.807, 2.05) is 12.1 Å². The van der Waals surface area contributed by atoms with Crippen LogP contribution in [-0.2, 0) is 19.2 Å². The fourth-order valence-electron chi connectivity index (χ4n) is 4.34. The standard InChI is InChI=1S/C29H40N6O6/c1-16(2)24(25(37)32-17(3)26(38)35-11-7-8-22(34-35)27(39)40)33-28(41)29(5,6)10-9-21-13-19-12-20(18(4)36)14-31-23(19)15-30-21/h9-10,12-18,22,24,34,36H,7-8,11H2,1-6H3,(H,32,37)(H,33,41)(H,39,40)/t17-,18+,22-,24-/m0/s1. The molecule has 3 rings (SSSR count). The SMILES string of the molecule is CC(C)[C@H](NC(=O)C(C)(C)C=Cc1cc2cc([C@@H](C)O)cnc2cn1)C(=O)N[C@@H](C)C(=O)N1CCC[C@@H](C(=O)O)N1. The molecule has 0 unspecified atom stereocenters. The predicted molar refractivity (Wildman–Crippen MR) is 153 cm³/mol. The third kappa shape index (κ3) is 8.08. The van der Waals surface area contributed by atoms with Crippen LogP contribution < -0.4 is 16.1 Å². The average Bonchev–Trinajstić information content (AvgIpc) is 2.93. The number of aliphatic hydroxyl groups is 1. The predicted octanol–water partition coefficient (Wildman–Crippen LogP) is 1.95. The van der Waals surface area contributed by atoms with Crippen LogP contribution in [0.3, 0.4) is 0 Å². The van der Waals surface area contributed by atoms with Gasteiger partial charge in [0.15, 0.2) is 0 Å². The van der Waals surface area contributed by atoms with E-state index in [4.69, 9.17) is 0 Å². The Kier molecular flexibility index (Phi) is 10.2. The third-order valence-corrected chi connectivity index (χ3v) is 7.06. The van der Waals surface area contributed by atoms with Crippen molar-refractivity contribution in [3.8, 4) is 0 Å². The van der Waals surface area contributed by atoms with E-state index < -0.39 is 47.4 Å². The van der Waals surface area contributed by atoms with Gasteiger partial charge in [-0.2, -0.15) is 0 Å². The van der Waals surface area contributed by atoms with Gasteiger partial charge in [-0.05, 0) is 70.2 Å². The summed E-state index contributed by atoms with van der Waals surface area (Å²) in [5.74, 6) is -2.68. The molecular formula is C29H40N6O6. The first-order valence-electron chi connectivity index (χ1n) is 13.7. The van der Waals surface area contributed by atoms with Gasteiger partial charge >= 0.3 is 5.97 Å². The van der Waals surface area contributed by atoms with Gasteiger partial charge in [0.25, 0.3) is 5.91 Å². The van der Waals surface area contributed by atoms with Gasteiger partial charge in [-0.15, -0.1) is 0 Å². The van der Waals surface area contributed by atoms with Crippen molar-refractivity contribution in [1.82, 2.24) is 31.0 Å². The number of nitrogens with zero attached hydrogens (tertiary/aromatic N) is 3. The fraction of sp³-hybridized carbons (Fsp3) is 0.517. The number of carboxylic acid groups (broad SMARTS) is 1. The second-order valence-corrected chi connectivity index (χ2v) is 11.4. The molecule has 12 nitrogen and oxygen atoms in total. The minimum absolute atomic E-state index is 0.275. The van der Waals surface area contributed by atoms with Crippen LogP contribution >= 0.6 is 0 Å². The molecule has 0 saturated carbocycles. The maximum Gasteiger partial charge on any atom is 0.322 e. The summed E-state index contributed by atoms with van der Waals surface area (Å²) < 4.78 is 0. The van der Waals surface area contributed by atoms with E-state index in [1.54, 1.807) is 59.2 Å². The van der Waals surface area contributed by atoms with Crippen LogP contribution in [0.15, 0.2) is 30.6 Å². The summed E-state index contributed by atoms with van der Waals surface area (Å²) in [4.78, 5) is 59.3. The number of amides is 3. The van der Waals surface area contributed by atoms with Gasteiger partial charge in [-0.25, -0.2) is 5.43 Å². The highest BCUT2D eigenvalue weighted by atomic mass is 16.4. The van der Waals surface area contributed by atoms with Crippen LogP contribution in [0.5, 0.6) is 0 Å². The summed E-state index contributed by atoms with van der Waals surface area (Å²) in [6.45, 7) is 10.5. The maximum absolute atomic E-state index is 13.3. The van der Waals surface area contributed by atoms with Crippen molar-refractivity contribution in [2.24, 2.45) is 11.3 Å². The number of aliphatic hydroxyl groups excluding tert-OH is 1. The lowest BCUT2D eigenvalue weighted by Crippen LogP contribution is -2.61. The number of aromatic nitrogens is 2. The van der Waals surface area contributed by atoms with Crippen molar-refractivity contribution < 1.29 is 29.4 Å². The summed E-state index contributed by atoms with van der Waals surface area (Å²) in [7, 11) is 0. The zero-order valence-electron chi connectivity index (χ0n) is 24.3. The van der Waals surface area contributed by atoms with E-state index in [0.717, 1.165) is 5.39 Å². The maximum atomic E-state index is 13.3. The van der Waals surface area contributed by atoms with E-state index in [-0.39, 0.29) is 11.8 Å². The first-order chi connectivity index (χ1) is 19.2. The lowest BCUT2D eigenvalue weighted by molar-refractivity contribution is -0.148. The highest BCUT2D eigenvalue weighted by Crippen LogP contribution is 2.22. The smallest absolute Gasteiger partial charge is 0.322 e. The Morgan fingerprint density at radius 3 is 2.44 bits per heavy atom. The molecule has 0 radical (unpaired) electrons. The van der Waals surface area contributed by atoms with Crippen LogP contribution in [0.25, 0.3) is 17.0 Å². The molecule has 2 aromatic rings. The Morgan fingerprint density at radius 1 is 1.10 bits per heavy atom. The number of hydrogen-bond donors (Lipinski definition) is 5. The summed E-state index contributed by atoms with van der Waals surface area (Å²) in [6, 6.07) is 0.952. The number of carbonyl (C=O) groups is 4. The van der Waals surface area contributed by atoms with Gasteiger partial charge < -0.3 is 20.8 Å². The van der Waals surface area contributed by atoms with Crippen LogP contribution in [0.4, 0.5) is 0 Å². The molecule has 0 aromatic carbocycles. The molecule has 1 saturated heterocycles. The molecule has 41 heavy (non-hydrogen) atoms. The summed E-state index contributed by atoms with van der Waals surface area (Å²) in [5.41, 5.74) is 3.65. The van der Waals surface area contributed by atoms with Gasteiger partial charge in [-0.3, -0.25) is 34.2 Å². The largest absolute Gasteiger partial charge is 0.480 e. The van der Waals surface area contributed by atoms with Crippen molar-refractivity contribution in [3.63, 3.8) is 0 Å². The lowest BCUT2D eigenvalue weighted by atomic mass is 9.90. The van der Waals surface area contributed by atoms with Crippen molar-refractivity contribution in [2.75, 3.05) is 6.54 Å². The van der Waals surface area contributed by atoms with Crippen LogP contribution in [0.2, 0.25) is 0 Å².